The average molecular weight is 902 g/mol. The lowest BCUT2D eigenvalue weighted by atomic mass is 9.88. The Bertz CT molecular complexity index is 1970. The first kappa shape index (κ1) is 49.3. The number of fused-ring (bicyclic) bond motifs is 1. The maximum atomic E-state index is 13.3. The normalized spacial score (nSPS) is 23.0. The molecule has 12 atom stereocenters. The van der Waals surface area contributed by atoms with Crippen LogP contribution >= 0.6 is 14.5 Å². The number of ether oxygens (including phenoxy) is 7. The highest BCUT2D eigenvalue weighted by Gasteiger charge is 2.48. The number of anilines is 1. The zero-order valence-electron chi connectivity index (χ0n) is 32.5. The largest absolute Gasteiger partial charge is 0.481 e. The summed E-state index contributed by atoms with van der Waals surface area (Å²) in [6, 6.07) is 0. The summed E-state index contributed by atoms with van der Waals surface area (Å²) in [5.41, 5.74) is 5.62. The molecule has 25 nitrogen and oxygen atoms in total. The molecule has 1 saturated heterocycles. The van der Waals surface area contributed by atoms with E-state index in [2.05, 4.69) is 21.5 Å². The van der Waals surface area contributed by atoms with Crippen LogP contribution in [0.4, 0.5) is 5.82 Å². The molecule has 9 unspecified atom stereocenters. The van der Waals surface area contributed by atoms with Gasteiger partial charge < -0.3 is 63.4 Å². The number of imidazole rings is 1. The molecule has 6 N–H and O–H groups in total. The van der Waals surface area contributed by atoms with E-state index < -0.39 is 124 Å². The summed E-state index contributed by atoms with van der Waals surface area (Å²) in [5.74, 6) is -5.80. The van der Waals surface area contributed by atoms with Gasteiger partial charge in [0, 0.05) is 53.2 Å². The van der Waals surface area contributed by atoms with Crippen LogP contribution in [0.3, 0.4) is 0 Å². The Morgan fingerprint density at radius 1 is 0.932 bits per heavy atom. The number of nitrogens with two attached hydrogens (primary N) is 1. The van der Waals surface area contributed by atoms with Crippen LogP contribution in [0, 0.1) is 5.92 Å². The van der Waals surface area contributed by atoms with Crippen molar-refractivity contribution < 1.29 is 95.1 Å². The van der Waals surface area contributed by atoms with Gasteiger partial charge in [-0.15, -0.1) is 0 Å². The summed E-state index contributed by atoms with van der Waals surface area (Å²) in [6.07, 6.45) is -12.7. The van der Waals surface area contributed by atoms with E-state index in [0.717, 1.165) is 48.1 Å². The Balaban J connectivity index is 1.85. The van der Waals surface area contributed by atoms with E-state index in [1.807, 2.05) is 0 Å². The first-order valence-electron chi connectivity index (χ1n) is 17.1. The fraction of sp³-hybridized carbons (Fsp3) is 0.613. The Labute approximate surface area is 340 Å². The number of aliphatic hydroxyl groups is 2. The van der Waals surface area contributed by atoms with Gasteiger partial charge in [0.25, 0.3) is 0 Å². The third-order valence-electron chi connectivity index (χ3n) is 8.11. The highest BCUT2D eigenvalue weighted by molar-refractivity contribution is 8.08. The van der Waals surface area contributed by atoms with E-state index in [-0.39, 0.29) is 17.0 Å². The summed E-state index contributed by atoms with van der Waals surface area (Å²) < 4.78 is 66.9. The highest BCUT2D eigenvalue weighted by Crippen LogP contribution is 2.61. The van der Waals surface area contributed by atoms with Crippen LogP contribution in [-0.4, -0.2) is 139 Å². The molecule has 1 aliphatic rings. The minimum atomic E-state index is -5.65. The van der Waals surface area contributed by atoms with Gasteiger partial charge in [-0.2, -0.15) is 0 Å². The predicted octanol–water partition coefficient (Wildman–Crippen LogP) is -0.151. The van der Waals surface area contributed by atoms with Crippen LogP contribution < -0.4 is 5.73 Å². The summed E-state index contributed by atoms with van der Waals surface area (Å²) in [7, 11) is -4.74. The molecule has 2 aromatic rings. The molecule has 1 fully saturated rings. The van der Waals surface area contributed by atoms with Crippen molar-refractivity contribution in [3.63, 3.8) is 0 Å². The number of nitrogen functional groups attached to an aromatic ring is 1. The van der Waals surface area contributed by atoms with Crippen molar-refractivity contribution in [3.8, 4) is 0 Å². The van der Waals surface area contributed by atoms with Crippen LogP contribution in [-0.2, 0) is 86.9 Å². The van der Waals surface area contributed by atoms with E-state index >= 15 is 0 Å². The molecular formula is C31H45N5O20P2S. The van der Waals surface area contributed by atoms with Gasteiger partial charge in [-0.3, -0.25) is 33.1 Å². The van der Waals surface area contributed by atoms with Crippen molar-refractivity contribution in [3.05, 3.63) is 24.8 Å². The number of hydrogen-bond donors (Lipinski definition) is 5. The zero-order valence-corrected chi connectivity index (χ0v) is 35.1. The van der Waals surface area contributed by atoms with E-state index in [4.69, 9.17) is 64.1 Å². The summed E-state index contributed by atoms with van der Waals surface area (Å²) in [4.78, 5) is 94.1. The number of aliphatic hydroxyl groups excluding tert-OH is 2. The molecule has 0 aliphatic carbocycles. The minimum absolute atomic E-state index is 0.0297. The number of phosphoric ester groups is 1. The molecule has 3 rings (SSSR count). The molecule has 28 heteroatoms. The highest BCUT2D eigenvalue weighted by atomic mass is 32.5. The second kappa shape index (κ2) is 21.0. The molecule has 0 saturated carbocycles. The first-order chi connectivity index (χ1) is 27.4. The van der Waals surface area contributed by atoms with Crippen LogP contribution in [0.1, 0.15) is 47.8 Å². The molecule has 0 bridgehead atoms. The number of phosphoric acid groups is 1. The van der Waals surface area contributed by atoms with E-state index in [9.17, 15) is 48.5 Å². The lowest BCUT2D eigenvalue weighted by Crippen LogP contribution is -2.50. The number of carbonyl (C=O) groups excluding carboxylic acids is 5. The van der Waals surface area contributed by atoms with Gasteiger partial charge in [0.1, 0.15) is 49.0 Å². The topological polar surface area (TPSA) is 345 Å². The summed E-state index contributed by atoms with van der Waals surface area (Å²) in [6.45, 7) is 3.93. The fourth-order valence-electron chi connectivity index (χ4n) is 5.58. The van der Waals surface area contributed by atoms with Gasteiger partial charge in [0.05, 0.1) is 12.9 Å². The molecule has 0 radical (unpaired) electrons. The maximum absolute atomic E-state index is 13.3. The van der Waals surface area contributed by atoms with E-state index in [1.54, 1.807) is 0 Å². The van der Waals surface area contributed by atoms with Gasteiger partial charge in [-0.25, -0.2) is 23.8 Å². The second-order valence-corrected chi connectivity index (χ2v) is 17.1. The van der Waals surface area contributed by atoms with E-state index in [1.165, 1.54) is 17.8 Å². The monoisotopic (exact) mass is 901 g/mol. The van der Waals surface area contributed by atoms with Crippen molar-refractivity contribution >= 4 is 73.2 Å². The molecular weight excluding hydrogens is 856 g/mol. The molecule has 2 aromatic heterocycles. The van der Waals surface area contributed by atoms with Gasteiger partial charge in [-0.05, 0) is 11.8 Å². The van der Waals surface area contributed by atoms with Gasteiger partial charge >= 0.3 is 44.4 Å². The van der Waals surface area contributed by atoms with Gasteiger partial charge in [0.15, 0.2) is 29.9 Å². The average Bonchev–Trinajstić information content (AvgIpc) is 3.67. The quantitative estimate of drug-likeness (QED) is 0.0357. The lowest BCUT2D eigenvalue weighted by molar-refractivity contribution is -0.186. The minimum Gasteiger partial charge on any atom is -0.462 e. The van der Waals surface area contributed by atoms with Crippen molar-refractivity contribution in [1.29, 1.82) is 0 Å². The number of carbonyl (C=O) groups is 5. The molecule has 59 heavy (non-hydrogen) atoms. The Morgan fingerprint density at radius 3 is 2.08 bits per heavy atom. The Kier molecular flexibility index (Phi) is 17.5. The second-order valence-electron chi connectivity index (χ2n) is 12.7. The SMILES string of the molecule is C=C([C@@H](OC(C)=O)C(OC)OP(=O)(O)OP(O)(=S)OCC1OC(n2cnc3c(N)ncnc32)C(O)C1O)[C@@H](OC(C)=O)C(OC(C)=O)C(C)[C@@H](COC(C)=O)OC(C)=O. The van der Waals surface area contributed by atoms with Crippen molar-refractivity contribution in [2.75, 3.05) is 26.1 Å². The number of rotatable bonds is 21. The number of hydrogen-bond acceptors (Lipinski definition) is 23. The smallest absolute Gasteiger partial charge is 0.462 e. The van der Waals surface area contributed by atoms with Crippen LogP contribution in [0.2, 0.25) is 0 Å². The van der Waals surface area contributed by atoms with Crippen LogP contribution in [0.5, 0.6) is 0 Å². The van der Waals surface area contributed by atoms with Crippen LogP contribution in [0.15, 0.2) is 24.8 Å². The van der Waals surface area contributed by atoms with Gasteiger partial charge in [0.2, 0.25) is 6.29 Å². The fourth-order valence-corrected chi connectivity index (χ4v) is 8.70. The number of aromatic nitrogens is 4. The molecule has 0 aromatic carbocycles. The molecule has 330 valence electrons. The van der Waals surface area contributed by atoms with Gasteiger partial charge in [-0.1, -0.05) is 13.5 Å². The number of nitrogens with zero attached hydrogens (tertiary/aromatic N) is 4. The van der Waals surface area contributed by atoms with Crippen molar-refractivity contribution in [1.82, 2.24) is 19.5 Å². The molecule has 0 spiro atoms. The maximum Gasteiger partial charge on any atom is 0.481 e. The molecule has 0 amide bonds. The Morgan fingerprint density at radius 2 is 1.53 bits per heavy atom. The summed E-state index contributed by atoms with van der Waals surface area (Å²) in [5, 5.41) is 21.4. The van der Waals surface area contributed by atoms with Crippen molar-refractivity contribution in [2.45, 2.75) is 96.8 Å². The predicted molar refractivity (Wildman–Crippen MR) is 198 cm³/mol. The summed E-state index contributed by atoms with van der Waals surface area (Å²) >= 11 is 4.89. The third kappa shape index (κ3) is 13.7. The lowest BCUT2D eigenvalue weighted by Gasteiger charge is -2.37. The third-order valence-corrected chi connectivity index (χ3v) is 11.6. The van der Waals surface area contributed by atoms with E-state index in [0.29, 0.717) is 0 Å². The van der Waals surface area contributed by atoms with Crippen LogP contribution in [0.25, 0.3) is 11.2 Å². The molecule has 1 aliphatic heterocycles. The Hall–Kier alpha value is -4.04. The number of esters is 5. The standard InChI is InChI=1S/C31H45N5O20P2S/c1-13(20(50-16(4)38)9-48-15(3)37)25(51-17(5)39)26(52-18(6)40)14(2)27(53-19(7)41)31(47-8)55-57(44,45)56-58(46,59)49-10-21-23(42)24(43)30(54-21)36-12-35-22-28(32)33-11-34-29(22)36/h11-13,20-21,23-27,30-31,42-43H,2,9-10H2,1,3-8H3,(H,44,45)(H,46,59)(H2,32,33,34)/t13?,20-,21?,23?,24?,25?,26-,27-,30?,31?,58?/m1/s1. The number of methoxy groups -OCH3 is 1. The molecule has 3 heterocycles. The zero-order chi connectivity index (χ0) is 44.6. The first-order valence-corrected chi connectivity index (χ1v) is 21.1. The van der Waals surface area contributed by atoms with Crippen molar-refractivity contribution in [2.24, 2.45) is 5.92 Å².